The van der Waals surface area contributed by atoms with E-state index in [0.717, 1.165) is 29.0 Å². The summed E-state index contributed by atoms with van der Waals surface area (Å²) >= 11 is 0.886. The predicted octanol–water partition coefficient (Wildman–Crippen LogP) is -1.93. The van der Waals surface area contributed by atoms with Crippen molar-refractivity contribution in [3.05, 3.63) is 12.7 Å². The van der Waals surface area contributed by atoms with Crippen LogP contribution in [0.1, 0.15) is 58.6 Å². The molecule has 2 aromatic heterocycles. The zero-order chi connectivity index (χ0) is 49.6. The number of aliphatic hydroxyl groups excluding tert-OH is 2. The van der Waals surface area contributed by atoms with Gasteiger partial charge in [0.05, 0.1) is 25.6 Å². The number of carbonyl (C=O) groups excluding carboxylic acids is 3. The molecule has 0 spiro atoms. The van der Waals surface area contributed by atoms with Gasteiger partial charge in [-0.2, -0.15) is 4.31 Å². The molecule has 0 saturated carbocycles. The molecule has 34 heteroatoms. The van der Waals surface area contributed by atoms with Gasteiger partial charge in [0.1, 0.15) is 42.3 Å². The second-order valence-corrected chi connectivity index (χ2v) is 20.5. The lowest BCUT2D eigenvalue weighted by atomic mass is 9.87. The Labute approximate surface area is 379 Å². The van der Waals surface area contributed by atoms with Crippen molar-refractivity contribution < 1.29 is 100 Å². The number of carboxylic acid groups (broad SMARTS) is 2. The van der Waals surface area contributed by atoms with Crippen LogP contribution in [0.15, 0.2) is 12.7 Å². The van der Waals surface area contributed by atoms with E-state index in [1.807, 2.05) is 0 Å². The molecule has 1 fully saturated rings. The maximum absolute atomic E-state index is 12.7. The van der Waals surface area contributed by atoms with Gasteiger partial charge in [-0.05, 0) is 25.8 Å². The number of thioether (sulfide) groups is 1. The summed E-state index contributed by atoms with van der Waals surface area (Å²) in [6, 6.07) is -1.83. The molecule has 0 aliphatic carbocycles. The third-order valence-corrected chi connectivity index (χ3v) is 13.4. The van der Waals surface area contributed by atoms with E-state index in [9.17, 15) is 72.6 Å². The zero-order valence-corrected chi connectivity index (χ0v) is 38.8. The van der Waals surface area contributed by atoms with E-state index >= 15 is 0 Å². The van der Waals surface area contributed by atoms with Gasteiger partial charge in [0.2, 0.25) is 16.9 Å². The standard InChI is InChI=1S/C32H54N9O21P3S/c1-32(2,25(46)28(47)37-10-8-20(42)36-11-12-66-31(50)17(33)5-3-4-9-35-18(30(48)49)6-7-21(43)44)14-59-65(56,57)62-64(54,55)58-13-19-24(61-63(51,52)53)23(45)29(60-19)41-16-40-22-26(34)38-15-39-27(22)41/h15-19,23-25,29,35,45-46H,3-14,33H2,1-2H3,(H,36,42)(H,37,47)(H,43,44)(H,48,49)(H,54,55)(H,56,57)(H2,34,38,39)(H2,51,52,53). The molecule has 0 bridgehead atoms. The van der Waals surface area contributed by atoms with Crippen molar-refractivity contribution in [3.63, 3.8) is 0 Å². The molecule has 9 atom stereocenters. The second-order valence-electron chi connectivity index (χ2n) is 15.1. The van der Waals surface area contributed by atoms with Gasteiger partial charge in [-0.15, -0.1) is 0 Å². The van der Waals surface area contributed by atoms with Gasteiger partial charge < -0.3 is 72.2 Å². The number of aromatic nitrogens is 4. The van der Waals surface area contributed by atoms with Crippen molar-refractivity contribution in [1.29, 1.82) is 0 Å². The first-order chi connectivity index (χ1) is 30.6. The number of hydrogen-bond acceptors (Lipinski definition) is 22. The van der Waals surface area contributed by atoms with Crippen LogP contribution in [-0.2, 0) is 60.3 Å². The molecule has 2 aromatic rings. The number of nitrogens with one attached hydrogen (secondary N) is 3. The van der Waals surface area contributed by atoms with Crippen LogP contribution in [0.4, 0.5) is 5.82 Å². The lowest BCUT2D eigenvalue weighted by Gasteiger charge is -2.30. The molecule has 9 unspecified atom stereocenters. The molecule has 30 nitrogen and oxygen atoms in total. The number of unbranched alkanes of at least 4 members (excludes halogenated alkanes) is 1. The van der Waals surface area contributed by atoms with E-state index in [1.54, 1.807) is 0 Å². The minimum atomic E-state index is -5.61. The maximum atomic E-state index is 12.7. The lowest BCUT2D eigenvalue weighted by molar-refractivity contribution is -0.141. The number of phosphoric ester groups is 3. The third kappa shape index (κ3) is 18.5. The van der Waals surface area contributed by atoms with E-state index in [-0.39, 0.29) is 66.7 Å². The molecule has 15 N–H and O–H groups in total. The normalized spacial score (nSPS) is 21.0. The van der Waals surface area contributed by atoms with Crippen LogP contribution in [-0.4, -0.2) is 163 Å². The number of aliphatic hydroxyl groups is 2. The second kappa shape index (κ2) is 25.2. The SMILES string of the molecule is CC(C)(COP(=O)(O)OP(=O)(O)OCC1OC(n2cnc3c(N)ncnc32)C(O)C1OP(=O)(O)O)C(O)C(=O)NCCC(=O)NCCSC(=O)C(N)CCCCNC(CCC(=O)O)C(=O)O. The fraction of sp³-hybridized carbons (Fsp3) is 0.688. The van der Waals surface area contributed by atoms with Crippen LogP contribution in [0.3, 0.4) is 0 Å². The first kappa shape index (κ1) is 56.7. The van der Waals surface area contributed by atoms with Crippen molar-refractivity contribution in [2.75, 3.05) is 44.3 Å². The fourth-order valence-electron chi connectivity index (χ4n) is 5.85. The topological polar surface area (TPSA) is 476 Å². The largest absolute Gasteiger partial charge is 0.481 e. The summed E-state index contributed by atoms with van der Waals surface area (Å²) in [5.41, 5.74) is 10.1. The van der Waals surface area contributed by atoms with Crippen molar-refractivity contribution >= 4 is 81.1 Å². The summed E-state index contributed by atoms with van der Waals surface area (Å²) in [5, 5.41) is 46.7. The number of phosphoric acid groups is 3. The number of nitrogens with two attached hydrogens (primary N) is 2. The maximum Gasteiger partial charge on any atom is 0.481 e. The monoisotopic (exact) mass is 1030 g/mol. The minimum absolute atomic E-state index is 0.0125. The number of hydrogen-bond donors (Lipinski definition) is 13. The van der Waals surface area contributed by atoms with Crippen molar-refractivity contribution in [1.82, 2.24) is 35.5 Å². The van der Waals surface area contributed by atoms with Gasteiger partial charge in [0.25, 0.3) is 0 Å². The van der Waals surface area contributed by atoms with Gasteiger partial charge in [0.15, 0.2) is 17.7 Å². The number of fused-ring (bicyclic) bond motifs is 1. The summed E-state index contributed by atoms with van der Waals surface area (Å²) in [5.74, 6) is -3.72. The molecule has 374 valence electrons. The Bertz CT molecular complexity index is 2150. The van der Waals surface area contributed by atoms with Gasteiger partial charge in [-0.3, -0.25) is 42.1 Å². The lowest BCUT2D eigenvalue weighted by Crippen LogP contribution is -2.46. The number of imidazole rings is 1. The number of amides is 2. The molecule has 3 heterocycles. The molecule has 1 saturated heterocycles. The third-order valence-electron chi connectivity index (χ3n) is 9.33. The molecular weight excluding hydrogens is 971 g/mol. The Morgan fingerprint density at radius 2 is 1.64 bits per heavy atom. The number of rotatable bonds is 30. The molecule has 3 rings (SSSR count). The Kier molecular flexibility index (Phi) is 21.6. The summed E-state index contributed by atoms with van der Waals surface area (Å²) in [6.45, 7) is 0.421. The first-order valence-corrected chi connectivity index (χ1v) is 25.1. The smallest absolute Gasteiger partial charge is 0.481 e. The van der Waals surface area contributed by atoms with Crippen molar-refractivity contribution in [2.24, 2.45) is 11.1 Å². The molecular formula is C32H54N9O21P3S. The molecule has 1 aliphatic rings. The highest BCUT2D eigenvalue weighted by molar-refractivity contribution is 8.13. The summed E-state index contributed by atoms with van der Waals surface area (Å²) in [7, 11) is -16.5. The number of ether oxygens (including phenoxy) is 1. The van der Waals surface area contributed by atoms with Crippen LogP contribution in [0.25, 0.3) is 11.2 Å². The van der Waals surface area contributed by atoms with E-state index in [0.29, 0.717) is 19.3 Å². The molecule has 0 aromatic carbocycles. The number of aliphatic carboxylic acids is 2. The summed E-state index contributed by atoms with van der Waals surface area (Å²) in [4.78, 5) is 110. The Balaban J connectivity index is 1.37. The quantitative estimate of drug-likeness (QED) is 0.0299. The highest BCUT2D eigenvalue weighted by Gasteiger charge is 2.50. The Morgan fingerprint density at radius 3 is 2.29 bits per heavy atom. The van der Waals surface area contributed by atoms with Gasteiger partial charge in [0, 0.05) is 37.1 Å². The minimum Gasteiger partial charge on any atom is -0.481 e. The van der Waals surface area contributed by atoms with E-state index in [2.05, 4.69) is 39.7 Å². The molecule has 66 heavy (non-hydrogen) atoms. The van der Waals surface area contributed by atoms with E-state index in [1.165, 1.54) is 13.8 Å². The zero-order valence-electron chi connectivity index (χ0n) is 35.3. The van der Waals surface area contributed by atoms with Crippen LogP contribution in [0.2, 0.25) is 0 Å². The average Bonchev–Trinajstić information content (AvgIpc) is 3.78. The molecule has 2 amide bonds. The Hall–Kier alpha value is -3.58. The summed E-state index contributed by atoms with van der Waals surface area (Å²) in [6.07, 6.45) is -6.27. The van der Waals surface area contributed by atoms with Crippen LogP contribution < -0.4 is 27.4 Å². The number of nitrogen functional groups attached to an aromatic ring is 1. The van der Waals surface area contributed by atoms with Crippen molar-refractivity contribution in [2.45, 2.75) is 95.1 Å². The van der Waals surface area contributed by atoms with Crippen LogP contribution in [0.5, 0.6) is 0 Å². The van der Waals surface area contributed by atoms with Gasteiger partial charge in [-0.25, -0.2) is 28.6 Å². The number of nitrogens with zero attached hydrogens (tertiary/aromatic N) is 4. The highest BCUT2D eigenvalue weighted by atomic mass is 32.2. The number of carbonyl (C=O) groups is 5. The fourth-order valence-corrected chi connectivity index (χ4v) is 9.42. The van der Waals surface area contributed by atoms with Gasteiger partial charge >= 0.3 is 35.4 Å². The predicted molar refractivity (Wildman–Crippen MR) is 225 cm³/mol. The van der Waals surface area contributed by atoms with Crippen LogP contribution in [0, 0.1) is 5.41 Å². The van der Waals surface area contributed by atoms with E-state index < -0.39 is 109 Å². The number of carboxylic acids is 2. The average molecular weight is 1030 g/mol. The number of anilines is 1. The Morgan fingerprint density at radius 1 is 0.955 bits per heavy atom. The first-order valence-electron chi connectivity index (χ1n) is 19.6. The van der Waals surface area contributed by atoms with Gasteiger partial charge in [-0.1, -0.05) is 32.0 Å². The van der Waals surface area contributed by atoms with E-state index in [4.69, 9.17) is 30.4 Å². The van der Waals surface area contributed by atoms with Crippen LogP contribution >= 0.6 is 35.2 Å². The highest BCUT2D eigenvalue weighted by Crippen LogP contribution is 2.61. The summed E-state index contributed by atoms with van der Waals surface area (Å²) < 4.78 is 62.2. The molecule has 0 radical (unpaired) electrons. The molecule has 1 aliphatic heterocycles. The van der Waals surface area contributed by atoms with Crippen molar-refractivity contribution in [3.8, 4) is 0 Å².